The lowest BCUT2D eigenvalue weighted by Gasteiger charge is -2.24. The van der Waals surface area contributed by atoms with Crippen LogP contribution in [0.1, 0.15) is 27.2 Å². The molecule has 2 amide bonds. The number of rotatable bonds is 10. The number of nitrogens with one attached hydrogen (secondary N) is 3. The molecule has 3 atom stereocenters. The van der Waals surface area contributed by atoms with Crippen LogP contribution in [0.2, 0.25) is 0 Å². The van der Waals surface area contributed by atoms with Gasteiger partial charge in [0.25, 0.3) is 0 Å². The summed E-state index contributed by atoms with van der Waals surface area (Å²) in [5.41, 5.74) is 6.21. The Hall–Kier alpha value is -2.45. The normalized spacial score (nSPS) is 14.3. The first-order chi connectivity index (χ1) is 12.2. The summed E-state index contributed by atoms with van der Waals surface area (Å²) in [5, 5.41) is 17.1. The molecule has 0 radical (unpaired) electrons. The number of carbonyl (C=O) groups excluding carboxylic acids is 2. The van der Waals surface area contributed by atoms with Gasteiger partial charge in [0.1, 0.15) is 12.1 Å². The Balaban J connectivity index is 2.79. The van der Waals surface area contributed by atoms with Crippen molar-refractivity contribution in [3.8, 4) is 0 Å². The molecule has 0 aliphatic rings. The number of para-hydroxylation sites is 1. The van der Waals surface area contributed by atoms with E-state index in [2.05, 4.69) is 16.0 Å². The van der Waals surface area contributed by atoms with Crippen LogP contribution in [0, 0.1) is 5.92 Å². The highest BCUT2D eigenvalue weighted by atomic mass is 16.4. The highest BCUT2D eigenvalue weighted by molar-refractivity contribution is 5.98. The second-order valence-corrected chi connectivity index (χ2v) is 6.56. The average Bonchev–Trinajstić information content (AvgIpc) is 2.58. The van der Waals surface area contributed by atoms with E-state index in [0.717, 1.165) is 0 Å². The van der Waals surface area contributed by atoms with Crippen LogP contribution < -0.4 is 21.7 Å². The lowest BCUT2D eigenvalue weighted by atomic mass is 10.0. The van der Waals surface area contributed by atoms with Gasteiger partial charge in [-0.25, -0.2) is 0 Å². The highest BCUT2D eigenvalue weighted by Crippen LogP contribution is 2.10. The first-order valence-electron chi connectivity index (χ1n) is 8.59. The fourth-order valence-electron chi connectivity index (χ4n) is 2.35. The molecule has 0 heterocycles. The lowest BCUT2D eigenvalue weighted by Crippen LogP contribution is -2.56. The molecule has 0 unspecified atom stereocenters. The number of carboxylic acids is 1. The molecule has 0 saturated heterocycles. The zero-order valence-electron chi connectivity index (χ0n) is 15.4. The predicted molar refractivity (Wildman–Crippen MR) is 99.5 cm³/mol. The number of carbonyl (C=O) groups is 3. The summed E-state index contributed by atoms with van der Waals surface area (Å²) in [6.07, 6.45) is 0.441. The maximum atomic E-state index is 12.6. The van der Waals surface area contributed by atoms with Crippen molar-refractivity contribution in [2.45, 2.75) is 45.3 Å². The van der Waals surface area contributed by atoms with Crippen molar-refractivity contribution in [1.29, 1.82) is 0 Å². The second-order valence-electron chi connectivity index (χ2n) is 6.56. The van der Waals surface area contributed by atoms with Crippen LogP contribution in [0.4, 0.5) is 5.69 Å². The van der Waals surface area contributed by atoms with Gasteiger partial charge >= 0.3 is 5.97 Å². The van der Waals surface area contributed by atoms with Crippen LogP contribution in [0.3, 0.4) is 0 Å². The van der Waals surface area contributed by atoms with E-state index in [9.17, 15) is 14.4 Å². The van der Waals surface area contributed by atoms with Crippen molar-refractivity contribution in [2.24, 2.45) is 11.7 Å². The third-order valence-corrected chi connectivity index (χ3v) is 3.76. The van der Waals surface area contributed by atoms with E-state index in [1.807, 2.05) is 19.9 Å². The Kier molecular flexibility index (Phi) is 8.74. The minimum atomic E-state index is -1.09. The van der Waals surface area contributed by atoms with E-state index in [1.54, 1.807) is 24.3 Å². The van der Waals surface area contributed by atoms with Gasteiger partial charge < -0.3 is 21.5 Å². The van der Waals surface area contributed by atoms with Crippen molar-refractivity contribution in [1.82, 2.24) is 10.6 Å². The average molecular weight is 364 g/mol. The Labute approximate surface area is 153 Å². The van der Waals surface area contributed by atoms with Gasteiger partial charge in [-0.1, -0.05) is 32.0 Å². The second kappa shape index (κ2) is 10.5. The molecular formula is C18H28N4O4. The molecule has 0 spiro atoms. The summed E-state index contributed by atoms with van der Waals surface area (Å²) in [6.45, 7) is 5.23. The Bertz CT molecular complexity index is 606. The highest BCUT2D eigenvalue weighted by Gasteiger charge is 2.27. The van der Waals surface area contributed by atoms with Gasteiger partial charge in [0.15, 0.2) is 0 Å². The number of benzene rings is 1. The molecule has 1 aromatic rings. The number of carboxylic acid groups (broad SMARTS) is 1. The molecule has 1 rings (SSSR count). The number of nitrogens with two attached hydrogens (primary N) is 1. The molecule has 0 saturated carbocycles. The van der Waals surface area contributed by atoms with Crippen molar-refractivity contribution >= 4 is 23.5 Å². The van der Waals surface area contributed by atoms with Crippen LogP contribution in [-0.4, -0.2) is 47.6 Å². The first-order valence-corrected chi connectivity index (χ1v) is 8.59. The molecule has 0 aliphatic carbocycles. The number of anilines is 1. The number of hydrogen-bond donors (Lipinski definition) is 5. The molecule has 6 N–H and O–H groups in total. The maximum absolute atomic E-state index is 12.6. The molecule has 8 heteroatoms. The summed E-state index contributed by atoms with van der Waals surface area (Å²) in [7, 11) is 0. The van der Waals surface area contributed by atoms with Crippen LogP contribution in [0.15, 0.2) is 30.3 Å². The maximum Gasteiger partial charge on any atom is 0.320 e. The van der Waals surface area contributed by atoms with Crippen LogP contribution in [0.25, 0.3) is 0 Å². The largest absolute Gasteiger partial charge is 0.480 e. The summed E-state index contributed by atoms with van der Waals surface area (Å²) in [5.74, 6) is -1.75. The van der Waals surface area contributed by atoms with Gasteiger partial charge in [-0.2, -0.15) is 0 Å². The molecule has 26 heavy (non-hydrogen) atoms. The number of hydrogen-bond acceptors (Lipinski definition) is 5. The summed E-state index contributed by atoms with van der Waals surface area (Å²) < 4.78 is 0. The summed E-state index contributed by atoms with van der Waals surface area (Å²) in [4.78, 5) is 36.0. The summed E-state index contributed by atoms with van der Waals surface area (Å²) in [6, 6.07) is 6.36. The molecule has 144 valence electrons. The van der Waals surface area contributed by atoms with Crippen molar-refractivity contribution in [3.63, 3.8) is 0 Å². The Morgan fingerprint density at radius 2 is 1.65 bits per heavy atom. The SMILES string of the molecule is CC(C)C[C@H](NC(=O)[C@H](CN)N[C@H](C)C(=O)O)C(=O)Nc1ccccc1. The Morgan fingerprint density at radius 3 is 2.15 bits per heavy atom. The standard InChI is InChI=1S/C18H28N4O4/c1-11(2)9-14(16(23)21-13-7-5-4-6-8-13)22-17(24)15(10-19)20-12(3)18(25)26/h4-8,11-12,14-15,20H,9-10,19H2,1-3H3,(H,21,23)(H,22,24)(H,25,26)/t12-,14+,15+/m1/s1. The molecule has 0 fully saturated rings. The van der Waals surface area contributed by atoms with E-state index >= 15 is 0 Å². The molecule has 0 aliphatic heterocycles. The first kappa shape index (κ1) is 21.6. The van der Waals surface area contributed by atoms with E-state index in [1.165, 1.54) is 6.92 Å². The quantitative estimate of drug-likeness (QED) is 0.412. The Morgan fingerprint density at radius 1 is 1.04 bits per heavy atom. The molecular weight excluding hydrogens is 336 g/mol. The van der Waals surface area contributed by atoms with E-state index in [-0.39, 0.29) is 18.4 Å². The molecule has 8 nitrogen and oxygen atoms in total. The van der Waals surface area contributed by atoms with Crippen molar-refractivity contribution in [2.75, 3.05) is 11.9 Å². The topological polar surface area (TPSA) is 134 Å². The van der Waals surface area contributed by atoms with Gasteiger partial charge in [-0.05, 0) is 31.4 Å². The minimum absolute atomic E-state index is 0.0852. The van der Waals surface area contributed by atoms with E-state index in [0.29, 0.717) is 12.1 Å². The zero-order valence-corrected chi connectivity index (χ0v) is 15.4. The lowest BCUT2D eigenvalue weighted by molar-refractivity contribution is -0.139. The van der Waals surface area contributed by atoms with Crippen molar-refractivity contribution in [3.05, 3.63) is 30.3 Å². The van der Waals surface area contributed by atoms with Crippen LogP contribution in [-0.2, 0) is 14.4 Å². The molecule has 0 aromatic heterocycles. The van der Waals surface area contributed by atoms with Crippen LogP contribution >= 0.6 is 0 Å². The van der Waals surface area contributed by atoms with Crippen LogP contribution in [0.5, 0.6) is 0 Å². The van der Waals surface area contributed by atoms with Gasteiger partial charge in [0.05, 0.1) is 6.04 Å². The smallest absolute Gasteiger partial charge is 0.320 e. The van der Waals surface area contributed by atoms with Gasteiger partial charge in [-0.3, -0.25) is 19.7 Å². The fourth-order valence-corrected chi connectivity index (χ4v) is 2.35. The fraction of sp³-hybridized carbons (Fsp3) is 0.500. The van der Waals surface area contributed by atoms with Gasteiger partial charge in [-0.15, -0.1) is 0 Å². The third-order valence-electron chi connectivity index (χ3n) is 3.76. The number of amides is 2. The van der Waals surface area contributed by atoms with Crippen molar-refractivity contribution < 1.29 is 19.5 Å². The third kappa shape index (κ3) is 7.20. The van der Waals surface area contributed by atoms with E-state index < -0.39 is 30.0 Å². The monoisotopic (exact) mass is 364 g/mol. The van der Waals surface area contributed by atoms with Gasteiger partial charge in [0, 0.05) is 12.2 Å². The number of aliphatic carboxylic acids is 1. The zero-order chi connectivity index (χ0) is 19.7. The minimum Gasteiger partial charge on any atom is -0.480 e. The molecule has 0 bridgehead atoms. The van der Waals surface area contributed by atoms with Gasteiger partial charge in [0.2, 0.25) is 11.8 Å². The predicted octanol–water partition coefficient (Wildman–Crippen LogP) is 0.546. The molecule has 1 aromatic carbocycles. The summed E-state index contributed by atoms with van der Waals surface area (Å²) >= 11 is 0. The van der Waals surface area contributed by atoms with E-state index in [4.69, 9.17) is 10.8 Å².